The lowest BCUT2D eigenvalue weighted by Crippen LogP contribution is -1.67. The molecule has 0 N–H and O–H groups in total. The van der Waals surface area contributed by atoms with Gasteiger partial charge in [-0.1, -0.05) is 4.49 Å². The molecule has 0 aromatic carbocycles. The number of rotatable bonds is 1. The van der Waals surface area contributed by atoms with Crippen LogP contribution in [0.15, 0.2) is 16.9 Å². The van der Waals surface area contributed by atoms with E-state index in [9.17, 15) is 0 Å². The molecule has 0 saturated carbocycles. The van der Waals surface area contributed by atoms with E-state index < -0.39 is 0 Å². The van der Waals surface area contributed by atoms with Gasteiger partial charge < -0.3 is 4.42 Å². The van der Waals surface area contributed by atoms with Crippen molar-refractivity contribution in [3.8, 4) is 10.8 Å². The van der Waals surface area contributed by atoms with E-state index in [4.69, 9.17) is 4.42 Å². The van der Waals surface area contributed by atoms with Crippen LogP contribution in [-0.2, 0) is 0 Å². The van der Waals surface area contributed by atoms with Crippen molar-refractivity contribution in [2.24, 2.45) is 0 Å². The molecule has 4 nitrogen and oxygen atoms in total. The SMILES string of the molecule is [c]1nnsc1-c1ncco1. The van der Waals surface area contributed by atoms with Crippen molar-refractivity contribution in [1.29, 1.82) is 0 Å². The zero-order chi connectivity index (χ0) is 6.81. The van der Waals surface area contributed by atoms with Crippen molar-refractivity contribution in [2.75, 3.05) is 0 Å². The predicted molar refractivity (Wildman–Crippen MR) is 34.2 cm³/mol. The van der Waals surface area contributed by atoms with Crippen LogP contribution >= 0.6 is 11.5 Å². The quantitative estimate of drug-likeness (QED) is 0.611. The second-order valence-electron chi connectivity index (χ2n) is 1.55. The Balaban J connectivity index is 2.48. The summed E-state index contributed by atoms with van der Waals surface area (Å²) in [4.78, 5) is 4.62. The molecule has 0 unspecified atom stereocenters. The van der Waals surface area contributed by atoms with Crippen LogP contribution in [0.1, 0.15) is 0 Å². The van der Waals surface area contributed by atoms with E-state index in [1.54, 1.807) is 6.20 Å². The van der Waals surface area contributed by atoms with Gasteiger partial charge in [-0.2, -0.15) is 0 Å². The average Bonchev–Trinajstić information content (AvgIpc) is 2.59. The zero-order valence-corrected chi connectivity index (χ0v) is 5.63. The van der Waals surface area contributed by atoms with E-state index in [-0.39, 0.29) is 0 Å². The van der Waals surface area contributed by atoms with E-state index in [1.807, 2.05) is 0 Å². The molecular weight excluding hydrogens is 150 g/mol. The smallest absolute Gasteiger partial charge is 0.240 e. The van der Waals surface area contributed by atoms with Gasteiger partial charge in [0.15, 0.2) is 0 Å². The highest BCUT2D eigenvalue weighted by Gasteiger charge is 2.03. The molecule has 0 aliphatic heterocycles. The maximum atomic E-state index is 4.97. The first-order chi connectivity index (χ1) is 4.97. The van der Waals surface area contributed by atoms with Crippen molar-refractivity contribution in [3.05, 3.63) is 18.7 Å². The summed E-state index contributed by atoms with van der Waals surface area (Å²) in [5, 5.41) is 3.52. The Labute approximate surface area is 60.7 Å². The molecule has 0 fully saturated rings. The molecule has 5 heteroatoms. The molecule has 0 aliphatic carbocycles. The summed E-state index contributed by atoms with van der Waals surface area (Å²) in [6.45, 7) is 0. The van der Waals surface area contributed by atoms with Gasteiger partial charge in [0.1, 0.15) is 17.3 Å². The lowest BCUT2D eigenvalue weighted by atomic mass is 10.6. The van der Waals surface area contributed by atoms with Crippen LogP contribution in [0.5, 0.6) is 0 Å². The Kier molecular flexibility index (Phi) is 1.21. The third kappa shape index (κ3) is 0.801. The van der Waals surface area contributed by atoms with Crippen LogP contribution in [0, 0.1) is 6.20 Å². The first-order valence-electron chi connectivity index (χ1n) is 2.57. The van der Waals surface area contributed by atoms with Gasteiger partial charge in [-0.3, -0.25) is 0 Å². The van der Waals surface area contributed by atoms with Crippen LogP contribution in [0.3, 0.4) is 0 Å². The maximum Gasteiger partial charge on any atom is 0.240 e. The number of nitrogens with zero attached hydrogens (tertiary/aromatic N) is 3. The molecule has 10 heavy (non-hydrogen) atoms. The minimum absolute atomic E-state index is 0.523. The Bertz CT molecular complexity index is 256. The summed E-state index contributed by atoms with van der Waals surface area (Å²) in [6, 6.07) is 0. The van der Waals surface area contributed by atoms with Crippen LogP contribution in [0.2, 0.25) is 0 Å². The van der Waals surface area contributed by atoms with Crippen LogP contribution < -0.4 is 0 Å². The van der Waals surface area contributed by atoms with Gasteiger partial charge in [-0.05, 0) is 11.5 Å². The highest BCUT2D eigenvalue weighted by Crippen LogP contribution is 2.17. The van der Waals surface area contributed by atoms with Crippen molar-refractivity contribution in [2.45, 2.75) is 0 Å². The molecule has 2 aromatic rings. The van der Waals surface area contributed by atoms with Gasteiger partial charge >= 0.3 is 0 Å². The molecule has 0 amide bonds. The fraction of sp³-hybridized carbons (Fsp3) is 0. The third-order valence-electron chi connectivity index (χ3n) is 0.951. The van der Waals surface area contributed by atoms with Crippen molar-refractivity contribution >= 4 is 11.5 Å². The predicted octanol–water partition coefficient (Wildman–Crippen LogP) is 0.993. The number of oxazole rings is 1. The minimum atomic E-state index is 0.523. The van der Waals surface area contributed by atoms with E-state index in [0.29, 0.717) is 5.89 Å². The molecule has 0 saturated heterocycles. The van der Waals surface area contributed by atoms with Gasteiger partial charge in [-0.15, -0.1) is 5.10 Å². The van der Waals surface area contributed by atoms with E-state index in [1.165, 1.54) is 17.8 Å². The number of hydrogen-bond acceptors (Lipinski definition) is 5. The summed E-state index contributed by atoms with van der Waals surface area (Å²) in [7, 11) is 0. The monoisotopic (exact) mass is 152 g/mol. The second kappa shape index (κ2) is 2.18. The van der Waals surface area contributed by atoms with Gasteiger partial charge in [0.25, 0.3) is 0 Å². The standard InChI is InChI=1S/C5H2N3OS/c1-2-9-5(6-1)4-3-7-8-10-4/h1-2H. The molecular formula is C5H2N3OS. The maximum absolute atomic E-state index is 4.97. The molecule has 2 heterocycles. The summed E-state index contributed by atoms with van der Waals surface area (Å²) in [6.07, 6.45) is 5.72. The molecule has 2 rings (SSSR count). The highest BCUT2D eigenvalue weighted by atomic mass is 32.1. The van der Waals surface area contributed by atoms with Crippen molar-refractivity contribution in [1.82, 2.24) is 14.6 Å². The Morgan fingerprint density at radius 3 is 3.20 bits per heavy atom. The van der Waals surface area contributed by atoms with Crippen LogP contribution in [0.4, 0.5) is 0 Å². The minimum Gasteiger partial charge on any atom is -0.444 e. The molecule has 49 valence electrons. The summed E-state index contributed by atoms with van der Waals surface area (Å²) in [5.41, 5.74) is 0. The summed E-state index contributed by atoms with van der Waals surface area (Å²) in [5.74, 6) is 0.523. The summed E-state index contributed by atoms with van der Waals surface area (Å²) < 4.78 is 8.58. The number of hydrogen-bond donors (Lipinski definition) is 0. The zero-order valence-electron chi connectivity index (χ0n) is 4.81. The lowest BCUT2D eigenvalue weighted by Gasteiger charge is -1.79. The van der Waals surface area contributed by atoms with Gasteiger partial charge in [0.05, 0.1) is 6.20 Å². The van der Waals surface area contributed by atoms with E-state index >= 15 is 0 Å². The molecule has 0 bridgehead atoms. The van der Waals surface area contributed by atoms with Crippen LogP contribution in [0.25, 0.3) is 10.8 Å². The fourth-order valence-corrected chi connectivity index (χ4v) is 0.994. The van der Waals surface area contributed by atoms with Crippen molar-refractivity contribution < 1.29 is 4.42 Å². The third-order valence-corrected chi connectivity index (χ3v) is 1.56. The van der Waals surface area contributed by atoms with Gasteiger partial charge in [0.2, 0.25) is 5.89 Å². The molecule has 0 aliphatic rings. The van der Waals surface area contributed by atoms with E-state index in [0.717, 1.165) is 4.88 Å². The van der Waals surface area contributed by atoms with Gasteiger partial charge in [0, 0.05) is 0 Å². The lowest BCUT2D eigenvalue weighted by molar-refractivity contribution is 0.576. The molecule has 1 radical (unpaired) electrons. The van der Waals surface area contributed by atoms with Crippen LogP contribution in [-0.4, -0.2) is 14.6 Å². The first-order valence-corrected chi connectivity index (χ1v) is 3.34. The molecule has 2 aromatic heterocycles. The average molecular weight is 152 g/mol. The summed E-state index contributed by atoms with van der Waals surface area (Å²) >= 11 is 1.21. The second-order valence-corrected chi connectivity index (χ2v) is 2.31. The molecule has 0 atom stereocenters. The molecule has 0 spiro atoms. The van der Waals surface area contributed by atoms with Crippen molar-refractivity contribution in [3.63, 3.8) is 0 Å². The Hall–Kier alpha value is -1.23. The van der Waals surface area contributed by atoms with E-state index in [2.05, 4.69) is 20.8 Å². The highest BCUT2D eigenvalue weighted by molar-refractivity contribution is 7.09. The Morgan fingerprint density at radius 2 is 2.60 bits per heavy atom. The van der Waals surface area contributed by atoms with Gasteiger partial charge in [-0.25, -0.2) is 4.98 Å². The Morgan fingerprint density at radius 1 is 1.60 bits per heavy atom. The first kappa shape index (κ1) is 5.55. The topological polar surface area (TPSA) is 51.8 Å². The number of aromatic nitrogens is 3. The fourth-order valence-electron chi connectivity index (χ4n) is 0.570. The normalized spacial score (nSPS) is 10.0. The largest absolute Gasteiger partial charge is 0.444 e.